The van der Waals surface area contributed by atoms with Gasteiger partial charge in [-0.15, -0.1) is 0 Å². The molecule has 5 heterocycles. The minimum absolute atomic E-state index is 0.110. The van der Waals surface area contributed by atoms with Gasteiger partial charge in [0.1, 0.15) is 11.6 Å². The van der Waals surface area contributed by atoms with Gasteiger partial charge in [-0.05, 0) is 48.8 Å². The van der Waals surface area contributed by atoms with E-state index in [1.807, 2.05) is 7.05 Å². The number of piperidine rings is 1. The van der Waals surface area contributed by atoms with Crippen molar-refractivity contribution in [3.8, 4) is 11.4 Å². The van der Waals surface area contributed by atoms with E-state index in [-0.39, 0.29) is 16.3 Å². The molecule has 0 atom stereocenters. The molecule has 0 radical (unpaired) electrons. The van der Waals surface area contributed by atoms with Crippen LogP contribution in [-0.4, -0.2) is 43.4 Å². The number of nitrogens with zero attached hydrogens (tertiary/aromatic N) is 6. The van der Waals surface area contributed by atoms with Gasteiger partial charge in [0, 0.05) is 63.3 Å². The van der Waals surface area contributed by atoms with Crippen molar-refractivity contribution in [3.63, 3.8) is 0 Å². The molecule has 4 aromatic rings. The van der Waals surface area contributed by atoms with Gasteiger partial charge in [-0.3, -0.25) is 9.78 Å². The van der Waals surface area contributed by atoms with Crippen molar-refractivity contribution < 1.29 is 18.5 Å². The van der Waals surface area contributed by atoms with Crippen LogP contribution in [0, 0.1) is 0 Å². The second kappa shape index (κ2) is 8.14. The molecule has 8 nitrogen and oxygen atoms in total. The first-order valence-electron chi connectivity index (χ1n) is 14.2. The molecule has 5 rings (SSSR count). The van der Waals surface area contributed by atoms with Crippen molar-refractivity contribution in [3.05, 3.63) is 60.9 Å². The number of rotatable bonds is 4. The molecule has 31 heavy (non-hydrogen) atoms. The first-order valence-corrected chi connectivity index (χ1v) is 9.24. The second-order valence-electron chi connectivity index (χ2n) is 6.67. The molecule has 1 amide bonds. The quantitative estimate of drug-likeness (QED) is 0.539. The zero-order chi connectivity index (χ0) is 30.2. The van der Waals surface area contributed by atoms with Crippen LogP contribution < -0.4 is 10.2 Å². The Labute approximate surface area is 194 Å². The lowest BCUT2D eigenvalue weighted by atomic mass is 10.1. The van der Waals surface area contributed by atoms with Crippen LogP contribution in [0.1, 0.15) is 43.2 Å². The Morgan fingerprint density at radius 3 is 2.68 bits per heavy atom. The van der Waals surface area contributed by atoms with E-state index < -0.39 is 43.8 Å². The lowest BCUT2D eigenvalue weighted by Crippen LogP contribution is -2.30. The van der Waals surface area contributed by atoms with Gasteiger partial charge in [-0.25, -0.2) is 15.0 Å². The summed E-state index contributed by atoms with van der Waals surface area (Å²) >= 11 is 0. The summed E-state index contributed by atoms with van der Waals surface area (Å²) in [6, 6.07) is 5.64. The number of hydrogen-bond acceptors (Lipinski definition) is 6. The van der Waals surface area contributed by atoms with E-state index in [2.05, 4.69) is 25.3 Å². The van der Waals surface area contributed by atoms with Crippen LogP contribution >= 0.6 is 0 Å². The lowest BCUT2D eigenvalue weighted by molar-refractivity contribution is 0.102. The average molecular weight is 424 g/mol. The minimum Gasteiger partial charge on any atom is -0.357 e. The van der Waals surface area contributed by atoms with E-state index >= 15 is 0 Å². The van der Waals surface area contributed by atoms with Crippen LogP contribution in [0.15, 0.2) is 55.4 Å². The van der Waals surface area contributed by atoms with Crippen LogP contribution in [0.25, 0.3) is 22.2 Å². The van der Waals surface area contributed by atoms with Gasteiger partial charge >= 0.3 is 0 Å². The first-order chi connectivity index (χ1) is 18.9. The van der Waals surface area contributed by atoms with Gasteiger partial charge in [0.15, 0.2) is 0 Å². The number of imidazole rings is 1. The van der Waals surface area contributed by atoms with Crippen LogP contribution in [0.2, 0.25) is 0 Å². The van der Waals surface area contributed by atoms with E-state index in [0.717, 1.165) is 18.0 Å². The van der Waals surface area contributed by atoms with Crippen LogP contribution in [0.3, 0.4) is 0 Å². The molecule has 1 N–H and O–H groups in total. The third-order valence-corrected chi connectivity index (χ3v) is 4.62. The van der Waals surface area contributed by atoms with Crippen molar-refractivity contribution in [1.82, 2.24) is 24.5 Å². The summed E-state index contributed by atoms with van der Waals surface area (Å²) in [4.78, 5) is 29.9. The maximum absolute atomic E-state index is 13.1. The Morgan fingerprint density at radius 1 is 1.03 bits per heavy atom. The molecule has 0 spiro atoms. The van der Waals surface area contributed by atoms with E-state index in [9.17, 15) is 4.79 Å². The summed E-state index contributed by atoms with van der Waals surface area (Å²) in [5.74, 6) is -1.18. The Morgan fingerprint density at radius 2 is 1.87 bits per heavy atom. The number of anilines is 2. The molecule has 1 saturated heterocycles. The van der Waals surface area contributed by atoms with Crippen molar-refractivity contribution in [2.75, 3.05) is 23.2 Å². The standard InChI is InChI=1S/C23H23N7O/c1-29-15-24-14-20(29)19-9-17-10-21(27-13-18(17)12-26-19)28-23(31)16-5-6-25-22(11-16)30-7-3-2-4-8-30/h5-6,9-15H,2-4,7-8H2,1H3,(H,27,28,31)/i2D2,3D2,4D2,7D2,8D2. The average Bonchev–Trinajstić information content (AvgIpc) is 3.33. The number of hydrogen-bond donors (Lipinski definition) is 1. The Balaban J connectivity index is 1.48. The Bertz CT molecular complexity index is 1640. The van der Waals surface area contributed by atoms with Crippen molar-refractivity contribution in [2.24, 2.45) is 7.05 Å². The minimum atomic E-state index is -3.56. The summed E-state index contributed by atoms with van der Waals surface area (Å²) in [6.45, 7) is -6.82. The van der Waals surface area contributed by atoms with E-state index in [1.165, 1.54) is 12.3 Å². The third kappa shape index (κ3) is 3.96. The molecule has 156 valence electrons. The fourth-order valence-corrected chi connectivity index (χ4v) is 3.06. The molecule has 0 unspecified atom stereocenters. The zero-order valence-corrected chi connectivity index (χ0v) is 16.3. The third-order valence-electron chi connectivity index (χ3n) is 4.62. The monoisotopic (exact) mass is 423 g/mol. The summed E-state index contributed by atoms with van der Waals surface area (Å²) in [7, 11) is 1.83. The van der Waals surface area contributed by atoms with Gasteiger partial charge in [-0.2, -0.15) is 0 Å². The summed E-state index contributed by atoms with van der Waals surface area (Å²) in [5, 5.41) is 4.02. The van der Waals surface area contributed by atoms with Gasteiger partial charge < -0.3 is 14.8 Å². The van der Waals surface area contributed by atoms with Gasteiger partial charge in [-0.1, -0.05) is 0 Å². The highest BCUT2D eigenvalue weighted by Crippen LogP contribution is 2.23. The number of carbonyl (C=O) groups is 1. The number of pyridine rings is 3. The fourth-order valence-electron chi connectivity index (χ4n) is 3.06. The predicted molar refractivity (Wildman–Crippen MR) is 120 cm³/mol. The maximum atomic E-state index is 13.1. The summed E-state index contributed by atoms with van der Waals surface area (Å²) in [6.07, 6.45) is -3.10. The van der Waals surface area contributed by atoms with Crippen LogP contribution in [-0.2, 0) is 7.05 Å². The molecule has 0 saturated carbocycles. The molecule has 1 fully saturated rings. The molecule has 8 heteroatoms. The van der Waals surface area contributed by atoms with Crippen molar-refractivity contribution in [2.45, 2.75) is 19.1 Å². The van der Waals surface area contributed by atoms with Crippen molar-refractivity contribution in [1.29, 1.82) is 0 Å². The molecule has 4 aromatic heterocycles. The Kier molecular flexibility index (Phi) is 2.89. The highest BCUT2D eigenvalue weighted by molar-refractivity contribution is 6.05. The number of nitrogens with one attached hydrogen (secondary N) is 1. The van der Waals surface area contributed by atoms with E-state index in [0.29, 0.717) is 16.5 Å². The van der Waals surface area contributed by atoms with Crippen LogP contribution in [0.4, 0.5) is 11.6 Å². The zero-order valence-electron chi connectivity index (χ0n) is 26.3. The number of aryl methyl sites for hydroxylation is 1. The molecule has 0 aliphatic carbocycles. The normalized spacial score (nSPS) is 26.9. The van der Waals surface area contributed by atoms with Gasteiger partial charge in [0.2, 0.25) is 0 Å². The topological polar surface area (TPSA) is 88.8 Å². The highest BCUT2D eigenvalue weighted by Gasteiger charge is 2.15. The van der Waals surface area contributed by atoms with Crippen LogP contribution in [0.5, 0.6) is 0 Å². The number of carbonyl (C=O) groups excluding carboxylic acids is 1. The largest absolute Gasteiger partial charge is 0.357 e. The summed E-state index contributed by atoms with van der Waals surface area (Å²) < 4.78 is 83.5. The highest BCUT2D eigenvalue weighted by atomic mass is 16.1. The molecular weight excluding hydrogens is 390 g/mol. The number of fused-ring (bicyclic) bond motifs is 1. The smallest absolute Gasteiger partial charge is 0.257 e. The summed E-state index contributed by atoms with van der Waals surface area (Å²) in [5.41, 5.74) is 1.29. The molecular formula is C23H23N7O. The lowest BCUT2D eigenvalue weighted by Gasteiger charge is -2.27. The number of aromatic nitrogens is 5. The van der Waals surface area contributed by atoms with Gasteiger partial charge in [0.05, 0.1) is 23.9 Å². The van der Waals surface area contributed by atoms with Gasteiger partial charge in [0.25, 0.3) is 5.91 Å². The van der Waals surface area contributed by atoms with E-state index in [4.69, 9.17) is 13.7 Å². The molecule has 1 aliphatic heterocycles. The maximum Gasteiger partial charge on any atom is 0.257 e. The van der Waals surface area contributed by atoms with E-state index in [1.54, 1.807) is 35.4 Å². The molecule has 0 bridgehead atoms. The Hall–Kier alpha value is -3.81. The van der Waals surface area contributed by atoms with Crippen molar-refractivity contribution >= 4 is 28.3 Å². The SMILES string of the molecule is [2H]C1([2H])N(c2cc(C(=O)Nc3cc4cc(-c5cncn5C)ncc4cn3)ccn2)C([2H])([2H])C([2H])([2H])C([2H])([2H])C1([2H])[2H]. The molecule has 0 aromatic carbocycles. The second-order valence-corrected chi connectivity index (χ2v) is 6.67. The molecule has 1 aliphatic rings. The predicted octanol–water partition coefficient (Wildman–Crippen LogP) is 3.67. The number of amides is 1. The first kappa shape index (κ1) is 11.0. The fraction of sp³-hybridized carbons (Fsp3) is 0.261.